The highest BCUT2D eigenvalue weighted by Gasteiger charge is 2.41. The molecule has 0 spiro atoms. The van der Waals surface area contributed by atoms with Gasteiger partial charge in [-0.25, -0.2) is 8.42 Å². The van der Waals surface area contributed by atoms with Crippen LogP contribution in [0.3, 0.4) is 0 Å². The average molecular weight is 332 g/mol. The van der Waals surface area contributed by atoms with Crippen molar-refractivity contribution in [2.75, 3.05) is 52.3 Å². The minimum Gasteiger partial charge on any atom is -0.381 e. The molecular weight excluding hydrogens is 308 g/mol. The molecule has 0 unspecified atom stereocenters. The van der Waals surface area contributed by atoms with E-state index >= 15 is 0 Å². The fourth-order valence-corrected chi connectivity index (χ4v) is 4.42. The predicted molar refractivity (Wildman–Crippen MR) is 79.8 cm³/mol. The Morgan fingerprint density at radius 2 is 1.82 bits per heavy atom. The van der Waals surface area contributed by atoms with E-state index in [0.29, 0.717) is 46.0 Å². The van der Waals surface area contributed by atoms with Crippen molar-refractivity contribution in [3.05, 3.63) is 0 Å². The number of hydrogen-bond acceptors (Lipinski definition) is 5. The molecule has 3 aliphatic rings. The Labute approximate surface area is 131 Å². The van der Waals surface area contributed by atoms with Crippen molar-refractivity contribution < 1.29 is 22.7 Å². The second-order valence-corrected chi connectivity index (χ2v) is 8.40. The van der Waals surface area contributed by atoms with Crippen LogP contribution in [0.25, 0.3) is 0 Å². The molecule has 3 fully saturated rings. The summed E-state index contributed by atoms with van der Waals surface area (Å²) in [5.74, 6) is 0.286. The lowest BCUT2D eigenvalue weighted by Gasteiger charge is -2.27. The number of hydrogen-bond donors (Lipinski definition) is 0. The normalized spacial score (nSPS) is 31.8. The molecule has 0 saturated carbocycles. The van der Waals surface area contributed by atoms with Crippen LogP contribution >= 0.6 is 0 Å². The van der Waals surface area contributed by atoms with Crippen molar-refractivity contribution in [3.8, 4) is 0 Å². The lowest BCUT2D eigenvalue weighted by atomic mass is 9.99. The maximum absolute atomic E-state index is 12.6. The first-order valence-corrected chi connectivity index (χ1v) is 9.73. The molecule has 0 aromatic carbocycles. The minimum absolute atomic E-state index is 0.0436. The Bertz CT molecular complexity index is 517. The zero-order valence-corrected chi connectivity index (χ0v) is 13.8. The van der Waals surface area contributed by atoms with Crippen LogP contribution in [0.5, 0.6) is 0 Å². The van der Waals surface area contributed by atoms with E-state index < -0.39 is 10.0 Å². The summed E-state index contributed by atoms with van der Waals surface area (Å²) in [6.45, 7) is 3.71. The van der Waals surface area contributed by atoms with Gasteiger partial charge in [0.1, 0.15) is 0 Å². The van der Waals surface area contributed by atoms with Crippen molar-refractivity contribution in [2.24, 2.45) is 11.8 Å². The Morgan fingerprint density at radius 3 is 2.50 bits per heavy atom. The van der Waals surface area contributed by atoms with Gasteiger partial charge in [-0.3, -0.25) is 4.79 Å². The largest absolute Gasteiger partial charge is 0.381 e. The molecule has 0 aromatic rings. The third-order valence-electron chi connectivity index (χ3n) is 4.84. The minimum atomic E-state index is -3.21. The number of nitrogens with zero attached hydrogens (tertiary/aromatic N) is 2. The summed E-state index contributed by atoms with van der Waals surface area (Å²) in [5, 5.41) is 0. The molecule has 8 heteroatoms. The molecule has 0 bridgehead atoms. The van der Waals surface area contributed by atoms with Crippen molar-refractivity contribution in [3.63, 3.8) is 0 Å². The van der Waals surface area contributed by atoms with Crippen LogP contribution in [-0.2, 0) is 24.3 Å². The van der Waals surface area contributed by atoms with Crippen LogP contribution in [0.1, 0.15) is 12.8 Å². The van der Waals surface area contributed by atoms with Gasteiger partial charge in [0.05, 0.1) is 19.0 Å². The quantitative estimate of drug-likeness (QED) is 0.683. The summed E-state index contributed by atoms with van der Waals surface area (Å²) in [5.41, 5.74) is 0. The Morgan fingerprint density at radius 1 is 1.09 bits per heavy atom. The monoisotopic (exact) mass is 332 g/mol. The molecule has 22 heavy (non-hydrogen) atoms. The molecule has 3 saturated heterocycles. The molecule has 3 aliphatic heterocycles. The third-order valence-corrected chi connectivity index (χ3v) is 6.11. The van der Waals surface area contributed by atoms with Gasteiger partial charge in [0.15, 0.2) is 0 Å². The molecule has 2 atom stereocenters. The van der Waals surface area contributed by atoms with Gasteiger partial charge in [0, 0.05) is 51.2 Å². The summed E-state index contributed by atoms with van der Waals surface area (Å²) in [7, 11) is -3.21. The summed E-state index contributed by atoms with van der Waals surface area (Å²) >= 11 is 0. The fraction of sp³-hybridized carbons (Fsp3) is 0.929. The van der Waals surface area contributed by atoms with Gasteiger partial charge < -0.3 is 14.4 Å². The maximum Gasteiger partial charge on any atom is 0.225 e. The molecule has 0 aromatic heterocycles. The van der Waals surface area contributed by atoms with Gasteiger partial charge in [-0.1, -0.05) is 0 Å². The molecule has 0 aliphatic carbocycles. The van der Waals surface area contributed by atoms with Crippen LogP contribution in [0.4, 0.5) is 0 Å². The molecule has 0 N–H and O–H groups in total. The van der Waals surface area contributed by atoms with Crippen LogP contribution < -0.4 is 0 Å². The molecule has 3 heterocycles. The number of amides is 1. The van der Waals surface area contributed by atoms with E-state index in [1.807, 2.05) is 4.90 Å². The number of carbonyl (C=O) groups excluding carboxylic acids is 1. The van der Waals surface area contributed by atoms with E-state index in [4.69, 9.17) is 9.47 Å². The van der Waals surface area contributed by atoms with Gasteiger partial charge >= 0.3 is 0 Å². The Hall–Kier alpha value is -0.700. The smallest absolute Gasteiger partial charge is 0.225 e. The average Bonchev–Trinajstić information content (AvgIpc) is 2.78. The lowest BCUT2D eigenvalue weighted by molar-refractivity contribution is -0.138. The maximum atomic E-state index is 12.6. The zero-order chi connectivity index (χ0) is 15.7. The highest BCUT2D eigenvalue weighted by Crippen LogP contribution is 2.27. The number of likely N-dealkylation sites (tertiary alicyclic amines) is 1. The van der Waals surface area contributed by atoms with E-state index in [1.54, 1.807) is 0 Å². The van der Waals surface area contributed by atoms with Crippen molar-refractivity contribution in [1.82, 2.24) is 9.21 Å². The van der Waals surface area contributed by atoms with Crippen molar-refractivity contribution in [2.45, 2.75) is 18.9 Å². The van der Waals surface area contributed by atoms with Gasteiger partial charge in [0.2, 0.25) is 15.9 Å². The Balaban J connectivity index is 1.64. The number of sulfonamides is 1. The third kappa shape index (κ3) is 3.45. The number of rotatable bonds is 2. The molecule has 0 radical (unpaired) electrons. The SMILES string of the molecule is CS(=O)(=O)N1CCO[C@@H]2CN(C(=O)C3CCOCC3)C[C@@H]2C1. The van der Waals surface area contributed by atoms with Gasteiger partial charge in [-0.05, 0) is 12.8 Å². The number of carbonyl (C=O) groups is 1. The summed E-state index contributed by atoms with van der Waals surface area (Å²) in [6.07, 6.45) is 2.74. The Kier molecular flexibility index (Phi) is 4.72. The highest BCUT2D eigenvalue weighted by molar-refractivity contribution is 7.88. The second kappa shape index (κ2) is 6.43. The highest BCUT2D eigenvalue weighted by atomic mass is 32.2. The molecule has 3 rings (SSSR count). The topological polar surface area (TPSA) is 76.2 Å². The standard InChI is InChI=1S/C14H24N2O5S/c1-22(18,19)16-4-7-21-13-10-15(8-12(13)9-16)14(17)11-2-5-20-6-3-11/h11-13H,2-10H2,1H3/t12-,13-/m1/s1. The number of fused-ring (bicyclic) bond motifs is 1. The van der Waals surface area contributed by atoms with E-state index in [1.165, 1.54) is 10.6 Å². The molecule has 1 amide bonds. The first kappa shape index (κ1) is 16.2. The molecule has 126 valence electrons. The van der Waals surface area contributed by atoms with Crippen LogP contribution in [-0.4, -0.2) is 81.9 Å². The summed E-state index contributed by atoms with van der Waals surface area (Å²) < 4.78 is 36.1. The molecule has 7 nitrogen and oxygen atoms in total. The van der Waals surface area contributed by atoms with Crippen LogP contribution in [0.15, 0.2) is 0 Å². The van der Waals surface area contributed by atoms with Crippen LogP contribution in [0.2, 0.25) is 0 Å². The van der Waals surface area contributed by atoms with Gasteiger partial charge in [-0.15, -0.1) is 0 Å². The predicted octanol–water partition coefficient (Wildman–Crippen LogP) is -0.468. The molecular formula is C14H24N2O5S. The van der Waals surface area contributed by atoms with E-state index in [-0.39, 0.29) is 23.8 Å². The second-order valence-electron chi connectivity index (χ2n) is 6.42. The van der Waals surface area contributed by atoms with Crippen molar-refractivity contribution >= 4 is 15.9 Å². The van der Waals surface area contributed by atoms with Crippen LogP contribution in [0, 0.1) is 11.8 Å². The van der Waals surface area contributed by atoms with E-state index in [0.717, 1.165) is 12.8 Å². The van der Waals surface area contributed by atoms with Gasteiger partial charge in [-0.2, -0.15) is 4.31 Å². The first-order chi connectivity index (χ1) is 10.4. The van der Waals surface area contributed by atoms with Gasteiger partial charge in [0.25, 0.3) is 0 Å². The fourth-order valence-electron chi connectivity index (χ4n) is 3.55. The zero-order valence-electron chi connectivity index (χ0n) is 12.9. The number of ether oxygens (including phenoxy) is 2. The van der Waals surface area contributed by atoms with Crippen molar-refractivity contribution in [1.29, 1.82) is 0 Å². The van der Waals surface area contributed by atoms with E-state index in [2.05, 4.69) is 0 Å². The first-order valence-electron chi connectivity index (χ1n) is 7.88. The summed E-state index contributed by atoms with van der Waals surface area (Å²) in [4.78, 5) is 14.4. The lowest BCUT2D eigenvalue weighted by Crippen LogP contribution is -2.39. The summed E-state index contributed by atoms with van der Waals surface area (Å²) in [6, 6.07) is 0. The van der Waals surface area contributed by atoms with E-state index in [9.17, 15) is 13.2 Å².